The standard InChI is InChI=1S/C27H22N2O2/c30-26-14-21(20-13-19-9-4-5-12-25(19)31-17-20)22-16-29(15-18-7-2-1-3-8-18)24-11-6-10-23(28-26)27(22)24/h1-13,16,21H,14-15,17H2,(H,28,30). The van der Waals surface area contributed by atoms with Crippen LogP contribution >= 0.6 is 0 Å². The lowest BCUT2D eigenvalue weighted by molar-refractivity contribution is -0.116. The Hall–Kier alpha value is -3.79. The molecule has 0 saturated carbocycles. The third-order valence-corrected chi connectivity index (χ3v) is 6.27. The average molecular weight is 406 g/mol. The molecule has 4 nitrogen and oxygen atoms in total. The van der Waals surface area contributed by atoms with E-state index in [2.05, 4.69) is 58.6 Å². The minimum Gasteiger partial charge on any atom is -0.489 e. The molecule has 0 spiro atoms. The van der Waals surface area contributed by atoms with E-state index in [0.29, 0.717) is 13.0 Å². The first kappa shape index (κ1) is 18.0. The van der Waals surface area contributed by atoms with Crippen molar-refractivity contribution in [1.82, 2.24) is 4.57 Å². The summed E-state index contributed by atoms with van der Waals surface area (Å²) >= 11 is 0. The van der Waals surface area contributed by atoms with Crippen molar-refractivity contribution in [2.45, 2.75) is 18.9 Å². The largest absolute Gasteiger partial charge is 0.489 e. The fourth-order valence-electron chi connectivity index (χ4n) is 4.83. The molecule has 1 aromatic heterocycles. The van der Waals surface area contributed by atoms with Crippen LogP contribution in [0, 0.1) is 0 Å². The highest BCUT2D eigenvalue weighted by Gasteiger charge is 2.30. The van der Waals surface area contributed by atoms with Crippen molar-refractivity contribution in [2.75, 3.05) is 11.9 Å². The van der Waals surface area contributed by atoms with Crippen LogP contribution in [0.2, 0.25) is 0 Å². The highest BCUT2D eigenvalue weighted by atomic mass is 16.5. The second-order valence-electron chi connectivity index (χ2n) is 8.25. The van der Waals surface area contributed by atoms with Gasteiger partial charge in [0.05, 0.1) is 11.2 Å². The van der Waals surface area contributed by atoms with Crippen LogP contribution in [0.5, 0.6) is 5.75 Å². The van der Waals surface area contributed by atoms with E-state index < -0.39 is 0 Å². The van der Waals surface area contributed by atoms with Gasteiger partial charge in [-0.05, 0) is 41.0 Å². The SMILES string of the molecule is O=C1CC(C2=Cc3ccccc3OC2)c2cn(Cc3ccccc3)c3cccc(c23)N1. The zero-order chi connectivity index (χ0) is 20.8. The Morgan fingerprint density at radius 3 is 2.71 bits per heavy atom. The summed E-state index contributed by atoms with van der Waals surface area (Å²) in [5.74, 6) is 0.927. The number of amides is 1. The van der Waals surface area contributed by atoms with Gasteiger partial charge in [0.25, 0.3) is 0 Å². The Balaban J connectivity index is 1.51. The first-order valence-corrected chi connectivity index (χ1v) is 10.6. The molecule has 0 radical (unpaired) electrons. The van der Waals surface area contributed by atoms with Crippen molar-refractivity contribution in [3.63, 3.8) is 0 Å². The Labute approximate surface area is 180 Å². The van der Waals surface area contributed by atoms with E-state index in [1.54, 1.807) is 0 Å². The van der Waals surface area contributed by atoms with Crippen LogP contribution in [0.3, 0.4) is 0 Å². The van der Waals surface area contributed by atoms with Gasteiger partial charge in [0.15, 0.2) is 0 Å². The lowest BCUT2D eigenvalue weighted by Gasteiger charge is -2.23. The molecule has 0 fully saturated rings. The molecule has 3 heterocycles. The molecular formula is C27H22N2O2. The molecule has 0 saturated heterocycles. The summed E-state index contributed by atoms with van der Waals surface area (Å²) < 4.78 is 8.34. The fraction of sp³-hybridized carbons (Fsp3) is 0.148. The minimum absolute atomic E-state index is 0.0171. The molecule has 6 rings (SSSR count). The topological polar surface area (TPSA) is 43.3 Å². The summed E-state index contributed by atoms with van der Waals surface area (Å²) in [6.07, 6.45) is 4.84. The quantitative estimate of drug-likeness (QED) is 0.482. The number of benzene rings is 3. The molecule has 152 valence electrons. The predicted octanol–water partition coefficient (Wildman–Crippen LogP) is 5.59. The average Bonchev–Trinajstić information content (AvgIpc) is 3.09. The number of nitrogens with zero attached hydrogens (tertiary/aromatic N) is 1. The maximum absolute atomic E-state index is 12.8. The molecule has 1 unspecified atom stereocenters. The van der Waals surface area contributed by atoms with Gasteiger partial charge in [0.1, 0.15) is 12.4 Å². The van der Waals surface area contributed by atoms with Gasteiger partial charge < -0.3 is 14.6 Å². The monoisotopic (exact) mass is 406 g/mol. The van der Waals surface area contributed by atoms with Gasteiger partial charge in [-0.1, -0.05) is 54.6 Å². The van der Waals surface area contributed by atoms with E-state index >= 15 is 0 Å². The number of aromatic nitrogens is 1. The van der Waals surface area contributed by atoms with Crippen molar-refractivity contribution >= 4 is 28.6 Å². The first-order chi connectivity index (χ1) is 15.3. The third-order valence-electron chi connectivity index (χ3n) is 6.27. The normalized spacial score (nSPS) is 17.4. The predicted molar refractivity (Wildman–Crippen MR) is 123 cm³/mol. The number of anilines is 1. The molecular weight excluding hydrogens is 384 g/mol. The van der Waals surface area contributed by atoms with Crippen molar-refractivity contribution in [3.05, 3.63) is 101 Å². The molecule has 31 heavy (non-hydrogen) atoms. The Kier molecular flexibility index (Phi) is 4.17. The summed E-state index contributed by atoms with van der Waals surface area (Å²) in [7, 11) is 0. The second kappa shape index (κ2) is 7.17. The van der Waals surface area contributed by atoms with E-state index in [1.807, 2.05) is 36.4 Å². The van der Waals surface area contributed by atoms with Crippen LogP contribution in [-0.4, -0.2) is 17.1 Å². The number of carbonyl (C=O) groups is 1. The van der Waals surface area contributed by atoms with Gasteiger partial charge in [-0.3, -0.25) is 4.79 Å². The molecule has 1 N–H and O–H groups in total. The summed E-state index contributed by atoms with van der Waals surface area (Å²) in [6.45, 7) is 1.29. The Bertz CT molecular complexity index is 1330. The van der Waals surface area contributed by atoms with E-state index in [-0.39, 0.29) is 11.8 Å². The smallest absolute Gasteiger partial charge is 0.225 e. The van der Waals surface area contributed by atoms with Crippen molar-refractivity contribution < 1.29 is 9.53 Å². The highest BCUT2D eigenvalue weighted by Crippen LogP contribution is 2.43. The number of hydrogen-bond acceptors (Lipinski definition) is 2. The summed E-state index contributed by atoms with van der Waals surface area (Å²) in [5, 5.41) is 4.27. The van der Waals surface area contributed by atoms with Gasteiger partial charge in [-0.15, -0.1) is 0 Å². The van der Waals surface area contributed by atoms with Crippen LogP contribution in [0.25, 0.3) is 17.0 Å². The lowest BCUT2D eigenvalue weighted by Crippen LogP contribution is -2.18. The minimum atomic E-state index is -0.0171. The van der Waals surface area contributed by atoms with Crippen LogP contribution in [-0.2, 0) is 11.3 Å². The summed E-state index contributed by atoms with van der Waals surface area (Å²) in [4.78, 5) is 12.8. The Morgan fingerprint density at radius 2 is 1.81 bits per heavy atom. The maximum atomic E-state index is 12.8. The van der Waals surface area contributed by atoms with Crippen molar-refractivity contribution in [2.24, 2.45) is 0 Å². The molecule has 2 aliphatic heterocycles. The summed E-state index contributed by atoms with van der Waals surface area (Å²) in [6, 6.07) is 24.7. The molecule has 4 aromatic rings. The molecule has 0 aliphatic carbocycles. The zero-order valence-electron chi connectivity index (χ0n) is 17.0. The van der Waals surface area contributed by atoms with Gasteiger partial charge in [0.2, 0.25) is 5.91 Å². The van der Waals surface area contributed by atoms with Gasteiger partial charge >= 0.3 is 0 Å². The molecule has 0 bridgehead atoms. The Morgan fingerprint density at radius 1 is 0.968 bits per heavy atom. The van der Waals surface area contributed by atoms with Crippen LogP contribution in [0.4, 0.5) is 5.69 Å². The number of hydrogen-bond donors (Lipinski definition) is 1. The highest BCUT2D eigenvalue weighted by molar-refractivity contribution is 6.06. The van der Waals surface area contributed by atoms with E-state index in [9.17, 15) is 4.79 Å². The number of fused-ring (bicyclic) bond motifs is 1. The van der Waals surface area contributed by atoms with Crippen LogP contribution in [0.15, 0.2) is 84.6 Å². The first-order valence-electron chi connectivity index (χ1n) is 10.6. The third kappa shape index (κ3) is 3.12. The molecule has 3 aromatic carbocycles. The fourth-order valence-corrected chi connectivity index (χ4v) is 4.83. The molecule has 2 aliphatic rings. The lowest BCUT2D eigenvalue weighted by atomic mass is 9.86. The second-order valence-corrected chi connectivity index (χ2v) is 8.25. The van der Waals surface area contributed by atoms with Gasteiger partial charge in [-0.2, -0.15) is 0 Å². The van der Waals surface area contributed by atoms with Gasteiger partial charge in [-0.25, -0.2) is 0 Å². The van der Waals surface area contributed by atoms with Gasteiger partial charge in [0, 0.05) is 36.0 Å². The molecule has 1 amide bonds. The zero-order valence-corrected chi connectivity index (χ0v) is 17.0. The van der Waals surface area contributed by atoms with Crippen molar-refractivity contribution in [1.29, 1.82) is 0 Å². The number of para-hydroxylation sites is 1. The van der Waals surface area contributed by atoms with E-state index in [0.717, 1.165) is 40.0 Å². The number of rotatable bonds is 3. The number of carbonyl (C=O) groups excluding carboxylic acids is 1. The number of ether oxygens (including phenoxy) is 1. The maximum Gasteiger partial charge on any atom is 0.225 e. The van der Waals surface area contributed by atoms with Crippen molar-refractivity contribution in [3.8, 4) is 5.75 Å². The van der Waals surface area contributed by atoms with Crippen LogP contribution < -0.4 is 10.1 Å². The molecule has 4 heteroatoms. The van der Waals surface area contributed by atoms with E-state index in [1.165, 1.54) is 11.1 Å². The summed E-state index contributed by atoms with van der Waals surface area (Å²) in [5.41, 5.74) is 6.69. The van der Waals surface area contributed by atoms with E-state index in [4.69, 9.17) is 4.74 Å². The number of nitrogens with one attached hydrogen (secondary N) is 1. The van der Waals surface area contributed by atoms with Crippen LogP contribution in [0.1, 0.15) is 29.0 Å². The molecule has 1 atom stereocenters.